The second kappa shape index (κ2) is 9.29. The number of hydrogen-bond acceptors (Lipinski definition) is 5. The number of aliphatic hydroxyl groups excluding tert-OH is 1. The predicted octanol–water partition coefficient (Wildman–Crippen LogP) is 0.443. The Balaban J connectivity index is 0.00000280. The Morgan fingerprint density at radius 2 is 1.93 bits per heavy atom. The standard InChI is InChI=1S/C19H18FN3O4.Na.H/c1-23-14-9-12(8-11-2-4-13(20)5-3-11)10-22-16(14)17(25)15(19(23)27)18(26)21-6-7-24;;/h2-5,9-10,24-25H,6-8H2,1H3,(H,21,26);;. The van der Waals surface area contributed by atoms with E-state index in [9.17, 15) is 19.1 Å². The van der Waals surface area contributed by atoms with Gasteiger partial charge in [-0.15, -0.1) is 0 Å². The summed E-state index contributed by atoms with van der Waals surface area (Å²) in [6, 6.07) is 7.74. The number of fused-ring (bicyclic) bond motifs is 1. The molecule has 0 spiro atoms. The van der Waals surface area contributed by atoms with Gasteiger partial charge >= 0.3 is 29.6 Å². The first-order valence-electron chi connectivity index (χ1n) is 8.26. The molecule has 3 rings (SSSR count). The van der Waals surface area contributed by atoms with E-state index in [0.717, 1.165) is 11.1 Å². The molecule has 0 fully saturated rings. The van der Waals surface area contributed by atoms with Gasteiger partial charge in [-0.2, -0.15) is 0 Å². The Kier molecular flexibility index (Phi) is 7.31. The molecule has 1 amide bonds. The van der Waals surface area contributed by atoms with Gasteiger partial charge in [0.2, 0.25) is 0 Å². The van der Waals surface area contributed by atoms with Gasteiger partial charge in [0, 0.05) is 19.8 Å². The first-order chi connectivity index (χ1) is 12.9. The van der Waals surface area contributed by atoms with Crippen LogP contribution in [0.25, 0.3) is 11.0 Å². The molecule has 3 aromatic rings. The molecule has 0 aliphatic carbocycles. The van der Waals surface area contributed by atoms with E-state index >= 15 is 0 Å². The molecule has 9 heteroatoms. The van der Waals surface area contributed by atoms with Crippen molar-refractivity contribution in [3.63, 3.8) is 0 Å². The van der Waals surface area contributed by atoms with Crippen LogP contribution in [-0.2, 0) is 13.5 Å². The molecule has 0 saturated heterocycles. The van der Waals surface area contributed by atoms with Gasteiger partial charge in [-0.3, -0.25) is 14.6 Å². The minimum absolute atomic E-state index is 0. The van der Waals surface area contributed by atoms with Gasteiger partial charge in [-0.1, -0.05) is 12.1 Å². The Morgan fingerprint density at radius 1 is 1.25 bits per heavy atom. The molecule has 0 saturated carbocycles. The van der Waals surface area contributed by atoms with E-state index < -0.39 is 22.8 Å². The number of halogens is 1. The van der Waals surface area contributed by atoms with E-state index in [1.165, 1.54) is 29.9 Å². The van der Waals surface area contributed by atoms with Crippen molar-refractivity contribution < 1.29 is 19.4 Å². The van der Waals surface area contributed by atoms with Crippen LogP contribution < -0.4 is 10.9 Å². The third-order valence-corrected chi connectivity index (χ3v) is 4.21. The number of nitrogens with zero attached hydrogens (tertiary/aromatic N) is 2. The number of aromatic nitrogens is 2. The number of nitrogens with one attached hydrogen (secondary N) is 1. The van der Waals surface area contributed by atoms with Crippen LogP contribution in [-0.4, -0.2) is 68.4 Å². The summed E-state index contributed by atoms with van der Waals surface area (Å²) in [6.45, 7) is -0.325. The van der Waals surface area contributed by atoms with E-state index in [1.54, 1.807) is 18.2 Å². The SMILES string of the molecule is Cn1c(=O)c(C(=O)NCCO)c(O)c2ncc(Cc3ccc(F)cc3)cc21.[NaH]. The average Bonchev–Trinajstić information content (AvgIpc) is 2.66. The number of aromatic hydroxyl groups is 1. The molecule has 0 aliphatic heterocycles. The van der Waals surface area contributed by atoms with Crippen LogP contribution >= 0.6 is 0 Å². The fraction of sp³-hybridized carbons (Fsp3) is 0.211. The summed E-state index contributed by atoms with van der Waals surface area (Å²) in [7, 11) is 1.48. The minimum atomic E-state index is -0.777. The molecule has 3 N–H and O–H groups in total. The number of benzene rings is 1. The van der Waals surface area contributed by atoms with Gasteiger partial charge in [0.05, 0.1) is 12.1 Å². The average molecular weight is 395 g/mol. The van der Waals surface area contributed by atoms with Crippen molar-refractivity contribution >= 4 is 46.5 Å². The van der Waals surface area contributed by atoms with Crippen molar-refractivity contribution in [2.24, 2.45) is 7.05 Å². The fourth-order valence-electron chi connectivity index (χ4n) is 2.83. The molecule has 0 atom stereocenters. The van der Waals surface area contributed by atoms with Crippen molar-refractivity contribution in [1.82, 2.24) is 14.9 Å². The predicted molar refractivity (Wildman–Crippen MR) is 104 cm³/mol. The molecule has 142 valence electrons. The molecule has 0 unspecified atom stereocenters. The number of hydrogen-bond donors (Lipinski definition) is 3. The molecule has 0 bridgehead atoms. The van der Waals surface area contributed by atoms with E-state index in [-0.39, 0.29) is 54.0 Å². The van der Waals surface area contributed by atoms with Crippen LogP contribution in [0.15, 0.2) is 41.3 Å². The van der Waals surface area contributed by atoms with E-state index in [2.05, 4.69) is 10.3 Å². The number of amides is 1. The fourth-order valence-corrected chi connectivity index (χ4v) is 2.83. The first-order valence-corrected chi connectivity index (χ1v) is 8.26. The van der Waals surface area contributed by atoms with Gasteiger partial charge in [0.25, 0.3) is 11.5 Å². The zero-order valence-electron chi connectivity index (χ0n) is 14.6. The normalized spacial score (nSPS) is 10.5. The van der Waals surface area contributed by atoms with Crippen LogP contribution in [0.5, 0.6) is 5.75 Å². The van der Waals surface area contributed by atoms with Crippen LogP contribution in [0, 0.1) is 5.82 Å². The van der Waals surface area contributed by atoms with Gasteiger partial charge in [0.1, 0.15) is 16.9 Å². The zero-order chi connectivity index (χ0) is 19.6. The van der Waals surface area contributed by atoms with Gasteiger partial charge in [-0.05, 0) is 35.7 Å². The van der Waals surface area contributed by atoms with Gasteiger partial charge in [-0.25, -0.2) is 4.39 Å². The van der Waals surface area contributed by atoms with Crippen molar-refractivity contribution in [2.75, 3.05) is 13.2 Å². The number of carbonyl (C=O) groups excluding carboxylic acids is 1. The second-order valence-corrected chi connectivity index (χ2v) is 6.08. The maximum absolute atomic E-state index is 13.0. The maximum atomic E-state index is 13.0. The summed E-state index contributed by atoms with van der Waals surface area (Å²) in [4.78, 5) is 28.9. The van der Waals surface area contributed by atoms with Crippen LogP contribution in [0.4, 0.5) is 4.39 Å². The Bertz CT molecular complexity index is 1070. The third-order valence-electron chi connectivity index (χ3n) is 4.21. The van der Waals surface area contributed by atoms with E-state index in [4.69, 9.17) is 5.11 Å². The molecule has 1 aromatic carbocycles. The molecule has 0 aliphatic rings. The molecular formula is C19H19FN3NaO4. The van der Waals surface area contributed by atoms with Crippen molar-refractivity contribution in [1.29, 1.82) is 0 Å². The van der Waals surface area contributed by atoms with Crippen LogP contribution in [0.1, 0.15) is 21.5 Å². The number of rotatable bonds is 5. The third kappa shape index (κ3) is 4.41. The van der Waals surface area contributed by atoms with Gasteiger partial charge in [0.15, 0.2) is 5.75 Å². The number of aliphatic hydroxyl groups is 1. The molecule has 2 aromatic heterocycles. The summed E-state index contributed by atoms with van der Waals surface area (Å²) in [5, 5.41) is 21.5. The molecular weight excluding hydrogens is 376 g/mol. The summed E-state index contributed by atoms with van der Waals surface area (Å²) >= 11 is 0. The van der Waals surface area contributed by atoms with Crippen molar-refractivity contribution in [3.05, 3.63) is 69.4 Å². The number of pyridine rings is 2. The number of carbonyl (C=O) groups is 1. The quantitative estimate of drug-likeness (QED) is 0.544. The number of aryl methyl sites for hydroxylation is 1. The summed E-state index contributed by atoms with van der Waals surface area (Å²) in [5.41, 5.74) is 1.03. The van der Waals surface area contributed by atoms with Crippen molar-refractivity contribution in [2.45, 2.75) is 6.42 Å². The summed E-state index contributed by atoms with van der Waals surface area (Å²) in [5.74, 6) is -1.60. The van der Waals surface area contributed by atoms with E-state index in [0.29, 0.717) is 11.9 Å². The Morgan fingerprint density at radius 3 is 2.57 bits per heavy atom. The topological polar surface area (TPSA) is 104 Å². The molecule has 7 nitrogen and oxygen atoms in total. The second-order valence-electron chi connectivity index (χ2n) is 6.08. The van der Waals surface area contributed by atoms with Crippen molar-refractivity contribution in [3.8, 4) is 5.75 Å². The molecule has 0 radical (unpaired) electrons. The zero-order valence-corrected chi connectivity index (χ0v) is 14.6. The first kappa shape index (κ1) is 22.0. The van der Waals surface area contributed by atoms with Gasteiger partial charge < -0.3 is 20.1 Å². The Labute approximate surface area is 182 Å². The molecule has 2 heterocycles. The molecule has 28 heavy (non-hydrogen) atoms. The summed E-state index contributed by atoms with van der Waals surface area (Å²) < 4.78 is 14.3. The van der Waals surface area contributed by atoms with Crippen LogP contribution in [0.2, 0.25) is 0 Å². The summed E-state index contributed by atoms with van der Waals surface area (Å²) in [6.07, 6.45) is 2.00. The monoisotopic (exact) mass is 395 g/mol. The van der Waals surface area contributed by atoms with Crippen LogP contribution in [0.3, 0.4) is 0 Å². The van der Waals surface area contributed by atoms with E-state index in [1.807, 2.05) is 0 Å². The Hall–Kier alpha value is -2.26.